The molecular weight excluding hydrogens is 465 g/mol. The molecule has 1 aliphatic rings. The Morgan fingerprint density at radius 1 is 1.27 bits per heavy atom. The van der Waals surface area contributed by atoms with Crippen molar-refractivity contribution >= 4 is 38.8 Å². The van der Waals surface area contributed by atoms with Crippen LogP contribution in [0.2, 0.25) is 0 Å². The zero-order valence-electron chi connectivity index (χ0n) is 18.2. The number of hydrogen-bond acceptors (Lipinski definition) is 6. The highest BCUT2D eigenvalue weighted by molar-refractivity contribution is 7.98. The van der Waals surface area contributed by atoms with Gasteiger partial charge in [0.1, 0.15) is 22.3 Å². The van der Waals surface area contributed by atoms with Crippen LogP contribution in [0.5, 0.6) is 0 Å². The molecule has 0 saturated carbocycles. The van der Waals surface area contributed by atoms with Gasteiger partial charge in [-0.25, -0.2) is 17.8 Å². The summed E-state index contributed by atoms with van der Waals surface area (Å²) in [7, 11) is -4.20. The molecule has 1 N–H and O–H groups in total. The monoisotopic (exact) mass is 491 g/mol. The maximum Gasteiger partial charge on any atom is 0.244 e. The first kappa shape index (κ1) is 23.7. The molecule has 0 bridgehead atoms. The third-order valence-electron chi connectivity index (χ3n) is 5.73. The number of piperidine rings is 1. The van der Waals surface area contributed by atoms with Gasteiger partial charge in [-0.1, -0.05) is 24.3 Å². The second-order valence-electron chi connectivity index (χ2n) is 8.03. The van der Waals surface area contributed by atoms with E-state index in [0.717, 1.165) is 24.4 Å². The fourth-order valence-electron chi connectivity index (χ4n) is 4.05. The minimum absolute atomic E-state index is 0.0699. The summed E-state index contributed by atoms with van der Waals surface area (Å²) in [5.74, 6) is -0.0703. The Morgan fingerprint density at radius 2 is 2.03 bits per heavy atom. The Bertz CT molecular complexity index is 1200. The van der Waals surface area contributed by atoms with Crippen molar-refractivity contribution in [2.75, 3.05) is 25.1 Å². The van der Waals surface area contributed by atoms with Crippen LogP contribution >= 0.6 is 11.8 Å². The molecule has 33 heavy (non-hydrogen) atoms. The van der Waals surface area contributed by atoms with Crippen LogP contribution in [-0.4, -0.2) is 55.3 Å². The van der Waals surface area contributed by atoms with Gasteiger partial charge in [-0.05, 0) is 55.5 Å². The van der Waals surface area contributed by atoms with Crippen LogP contribution in [-0.2, 0) is 14.8 Å². The van der Waals surface area contributed by atoms with Gasteiger partial charge in [0.25, 0.3) is 0 Å². The Labute approximate surface area is 196 Å². The van der Waals surface area contributed by atoms with E-state index < -0.39 is 26.8 Å². The van der Waals surface area contributed by atoms with Crippen LogP contribution in [0.1, 0.15) is 31.1 Å². The van der Waals surface area contributed by atoms with Crippen molar-refractivity contribution in [3.63, 3.8) is 0 Å². The van der Waals surface area contributed by atoms with Crippen molar-refractivity contribution in [2.45, 2.75) is 36.1 Å². The number of aromatic nitrogens is 1. The Hall–Kier alpha value is -2.43. The van der Waals surface area contributed by atoms with Gasteiger partial charge in [0, 0.05) is 13.1 Å². The number of nitrogens with zero attached hydrogens (tertiary/aromatic N) is 2. The zero-order valence-corrected chi connectivity index (χ0v) is 19.9. The Kier molecular flexibility index (Phi) is 7.35. The van der Waals surface area contributed by atoms with Gasteiger partial charge in [0.05, 0.1) is 5.92 Å². The van der Waals surface area contributed by atoms with Gasteiger partial charge in [-0.15, -0.1) is 0 Å². The summed E-state index contributed by atoms with van der Waals surface area (Å²) in [6, 6.07) is 11.7. The molecule has 3 aromatic rings. The molecule has 0 aliphatic carbocycles. The van der Waals surface area contributed by atoms with Crippen LogP contribution in [0.3, 0.4) is 0 Å². The highest BCUT2D eigenvalue weighted by Gasteiger charge is 2.34. The van der Waals surface area contributed by atoms with E-state index in [0.29, 0.717) is 36.7 Å². The van der Waals surface area contributed by atoms with Gasteiger partial charge in [0.2, 0.25) is 15.9 Å². The van der Waals surface area contributed by atoms with E-state index in [4.69, 9.17) is 4.42 Å². The topological polar surface area (TPSA) is 92.5 Å². The summed E-state index contributed by atoms with van der Waals surface area (Å²) >= 11 is 1.51. The smallest absolute Gasteiger partial charge is 0.244 e. The molecule has 4 rings (SSSR count). The number of benzene rings is 2. The first-order valence-electron chi connectivity index (χ1n) is 10.8. The third kappa shape index (κ3) is 5.39. The molecule has 2 atom stereocenters. The van der Waals surface area contributed by atoms with Crippen molar-refractivity contribution in [1.82, 2.24) is 14.6 Å². The van der Waals surface area contributed by atoms with E-state index in [1.807, 2.05) is 30.5 Å². The summed E-state index contributed by atoms with van der Waals surface area (Å²) in [6.07, 6.45) is 3.77. The number of oxazole rings is 1. The fourth-order valence-corrected chi connectivity index (χ4v) is 5.82. The van der Waals surface area contributed by atoms with E-state index in [1.54, 1.807) is 4.90 Å². The number of carbonyl (C=O) groups is 1. The molecule has 1 saturated heterocycles. The van der Waals surface area contributed by atoms with Gasteiger partial charge in [-0.2, -0.15) is 16.5 Å². The first-order valence-corrected chi connectivity index (χ1v) is 13.7. The number of nitrogens with one attached hydrogen (secondary N) is 1. The lowest BCUT2D eigenvalue weighted by Gasteiger charge is -2.34. The highest BCUT2D eigenvalue weighted by atomic mass is 32.2. The molecule has 10 heteroatoms. The normalized spacial score (nSPS) is 17.9. The lowest BCUT2D eigenvalue weighted by molar-refractivity contribution is -0.134. The van der Waals surface area contributed by atoms with Crippen LogP contribution in [0, 0.1) is 5.82 Å². The second kappa shape index (κ2) is 10.2. The number of sulfonamides is 1. The molecule has 1 aliphatic heterocycles. The van der Waals surface area contributed by atoms with Gasteiger partial charge < -0.3 is 9.32 Å². The van der Waals surface area contributed by atoms with Crippen molar-refractivity contribution in [3.05, 3.63) is 60.2 Å². The molecule has 1 fully saturated rings. The minimum Gasteiger partial charge on any atom is -0.440 e. The molecular formula is C23H26FN3O4S2. The molecule has 7 nitrogen and oxygen atoms in total. The van der Waals surface area contributed by atoms with E-state index >= 15 is 0 Å². The highest BCUT2D eigenvalue weighted by Crippen LogP contribution is 2.29. The minimum atomic E-state index is -4.20. The van der Waals surface area contributed by atoms with Crippen molar-refractivity contribution in [2.24, 2.45) is 0 Å². The fraction of sp³-hybridized carbons (Fsp3) is 0.391. The van der Waals surface area contributed by atoms with Crippen LogP contribution in [0.4, 0.5) is 4.39 Å². The predicted molar refractivity (Wildman–Crippen MR) is 126 cm³/mol. The third-order valence-corrected chi connectivity index (χ3v) is 7.87. The molecule has 0 spiro atoms. The number of halogens is 1. The van der Waals surface area contributed by atoms with E-state index in [1.165, 1.54) is 30.0 Å². The number of para-hydroxylation sites is 2. The van der Waals surface area contributed by atoms with E-state index in [2.05, 4.69) is 9.71 Å². The Morgan fingerprint density at radius 3 is 2.79 bits per heavy atom. The van der Waals surface area contributed by atoms with Crippen LogP contribution < -0.4 is 4.72 Å². The number of carbonyl (C=O) groups excluding carboxylic acids is 1. The number of amides is 1. The summed E-state index contributed by atoms with van der Waals surface area (Å²) in [5, 5.41) is 0. The number of hydrogen-bond donors (Lipinski definition) is 1. The van der Waals surface area contributed by atoms with E-state index in [9.17, 15) is 17.6 Å². The van der Waals surface area contributed by atoms with Gasteiger partial charge in [0.15, 0.2) is 11.5 Å². The van der Waals surface area contributed by atoms with Gasteiger partial charge in [-0.3, -0.25) is 4.79 Å². The van der Waals surface area contributed by atoms with Crippen molar-refractivity contribution in [3.8, 4) is 0 Å². The second-order valence-corrected chi connectivity index (χ2v) is 10.7. The average Bonchev–Trinajstić information content (AvgIpc) is 3.26. The first-order chi connectivity index (χ1) is 15.9. The lowest BCUT2D eigenvalue weighted by Crippen LogP contribution is -2.51. The molecule has 0 radical (unpaired) electrons. The molecule has 2 unspecified atom stereocenters. The number of rotatable bonds is 8. The molecule has 2 heterocycles. The van der Waals surface area contributed by atoms with Gasteiger partial charge >= 0.3 is 0 Å². The maximum absolute atomic E-state index is 14.1. The number of likely N-dealkylation sites (tertiary alicyclic amines) is 1. The van der Waals surface area contributed by atoms with Crippen LogP contribution in [0.15, 0.2) is 57.8 Å². The Balaban J connectivity index is 1.52. The molecule has 1 aromatic heterocycles. The summed E-state index contributed by atoms with van der Waals surface area (Å²) < 4.78 is 48.2. The summed E-state index contributed by atoms with van der Waals surface area (Å²) in [5.41, 5.74) is 1.47. The van der Waals surface area contributed by atoms with Crippen LogP contribution in [0.25, 0.3) is 11.1 Å². The lowest BCUT2D eigenvalue weighted by atomic mass is 9.97. The number of fused-ring (bicyclic) bond motifs is 1. The largest absolute Gasteiger partial charge is 0.440 e. The maximum atomic E-state index is 14.1. The average molecular weight is 492 g/mol. The summed E-state index contributed by atoms with van der Waals surface area (Å²) in [6.45, 7) is 0.912. The number of thioether (sulfide) groups is 1. The van der Waals surface area contributed by atoms with Crippen molar-refractivity contribution < 1.29 is 22.0 Å². The molecule has 176 valence electrons. The molecule has 2 aromatic carbocycles. The quantitative estimate of drug-likeness (QED) is 0.516. The SMILES string of the molecule is CSCCC(NS(=O)(=O)c1ccccc1F)C(=O)N1CCCC(c2nc3ccccc3o2)C1. The summed E-state index contributed by atoms with van der Waals surface area (Å²) in [4.78, 5) is 19.2. The predicted octanol–water partition coefficient (Wildman–Crippen LogP) is 3.77. The van der Waals surface area contributed by atoms with Crippen molar-refractivity contribution in [1.29, 1.82) is 0 Å². The van der Waals surface area contributed by atoms with E-state index in [-0.39, 0.29) is 11.8 Å². The molecule has 1 amide bonds. The standard InChI is InChI=1S/C23H26FN3O4S2/c1-32-14-12-19(26-33(29,30)21-11-5-2-8-17(21)24)23(28)27-13-6-7-16(15-27)22-25-18-9-3-4-10-20(18)31-22/h2-5,8-11,16,19,26H,6-7,12-15H2,1H3. The zero-order chi connectivity index (χ0) is 23.4.